The van der Waals surface area contributed by atoms with Gasteiger partial charge in [-0.3, -0.25) is 0 Å². The number of aromatic carboxylic acids is 1. The molecule has 2 rings (SSSR count). The van der Waals surface area contributed by atoms with E-state index in [1.165, 1.54) is 17.9 Å². The van der Waals surface area contributed by atoms with Gasteiger partial charge in [-0.25, -0.2) is 4.79 Å². The Labute approximate surface area is 119 Å². The zero-order valence-corrected chi connectivity index (χ0v) is 10.9. The van der Waals surface area contributed by atoms with E-state index in [-0.39, 0.29) is 16.9 Å². The molecule has 0 radical (unpaired) electrons. The molecule has 0 amide bonds. The van der Waals surface area contributed by atoms with Crippen LogP contribution in [0.25, 0.3) is 16.1 Å². The van der Waals surface area contributed by atoms with Crippen LogP contribution in [0.1, 0.15) is 16.1 Å². The van der Waals surface area contributed by atoms with Crippen molar-refractivity contribution < 1.29 is 14.6 Å². The van der Waals surface area contributed by atoms with Crippen LogP contribution in [0.2, 0.25) is 0 Å². The average Bonchev–Trinajstić information content (AvgIpc) is 2.86. The second-order valence-corrected chi connectivity index (χ2v) is 3.91. The average molecular weight is 283 g/mol. The van der Waals surface area contributed by atoms with Gasteiger partial charge in [-0.05, 0) is 29.8 Å². The summed E-state index contributed by atoms with van der Waals surface area (Å²) in [6.07, 6.45) is 1.31. The quantitative estimate of drug-likeness (QED) is 0.526. The lowest BCUT2D eigenvalue weighted by molar-refractivity contribution is 0.0689. The van der Waals surface area contributed by atoms with Crippen molar-refractivity contribution in [2.45, 2.75) is 0 Å². The van der Waals surface area contributed by atoms with E-state index in [1.807, 2.05) is 6.07 Å². The van der Waals surface area contributed by atoms with Crippen LogP contribution in [0.3, 0.4) is 0 Å². The summed E-state index contributed by atoms with van der Waals surface area (Å²) >= 11 is 0. The maximum atomic E-state index is 11.4. The summed E-state index contributed by atoms with van der Waals surface area (Å²) in [5.74, 6) is -0.687. The summed E-state index contributed by atoms with van der Waals surface area (Å²) in [4.78, 5) is 14.0. The van der Waals surface area contributed by atoms with E-state index in [2.05, 4.69) is 10.0 Å². The number of methoxy groups -OCH3 is 1. The molecule has 1 N–H and O–H groups in total. The summed E-state index contributed by atoms with van der Waals surface area (Å²) in [6, 6.07) is 8.38. The number of nitriles is 1. The third-order valence-corrected chi connectivity index (χ3v) is 2.80. The Hall–Kier alpha value is -3.43. The van der Waals surface area contributed by atoms with Crippen molar-refractivity contribution in [3.05, 3.63) is 52.2 Å². The second-order valence-electron chi connectivity index (χ2n) is 3.91. The van der Waals surface area contributed by atoms with Gasteiger partial charge in [0.15, 0.2) is 0 Å². The summed E-state index contributed by atoms with van der Waals surface area (Å²) < 4.78 is 6.31. The molecule has 0 aliphatic carbocycles. The molecule has 0 spiro atoms. The van der Waals surface area contributed by atoms with Crippen molar-refractivity contribution in [2.75, 3.05) is 7.11 Å². The molecule has 104 valence electrons. The standard InChI is InChI=1S/C13H9N5O3/c1-21-10-4-2-9(3-5-10)18-7-8(6-14)11(16-17-15)12(18)13(19)20/h2-5,7H,1H3,(H,19,20). The Morgan fingerprint density at radius 3 is 2.62 bits per heavy atom. The van der Waals surface area contributed by atoms with E-state index in [4.69, 9.17) is 15.5 Å². The van der Waals surface area contributed by atoms with E-state index in [1.54, 1.807) is 24.3 Å². The topological polar surface area (TPSA) is 124 Å². The van der Waals surface area contributed by atoms with Gasteiger partial charge < -0.3 is 14.4 Å². The van der Waals surface area contributed by atoms with Crippen molar-refractivity contribution in [3.63, 3.8) is 0 Å². The third-order valence-electron chi connectivity index (χ3n) is 2.80. The molecule has 1 aromatic heterocycles. The Morgan fingerprint density at radius 2 is 2.14 bits per heavy atom. The highest BCUT2D eigenvalue weighted by Crippen LogP contribution is 2.30. The highest BCUT2D eigenvalue weighted by atomic mass is 16.5. The number of nitrogens with zero attached hydrogens (tertiary/aromatic N) is 5. The minimum absolute atomic E-state index is 0.0129. The molecular formula is C13H9N5O3. The second kappa shape index (κ2) is 5.69. The van der Waals surface area contributed by atoms with Gasteiger partial charge in [-0.15, -0.1) is 0 Å². The Balaban J connectivity index is 2.70. The van der Waals surface area contributed by atoms with Gasteiger partial charge in [0.05, 0.1) is 18.4 Å². The van der Waals surface area contributed by atoms with Crippen LogP contribution >= 0.6 is 0 Å². The van der Waals surface area contributed by atoms with E-state index in [0.29, 0.717) is 11.4 Å². The molecule has 2 aromatic rings. The molecule has 21 heavy (non-hydrogen) atoms. The molecule has 1 aromatic carbocycles. The monoisotopic (exact) mass is 283 g/mol. The molecule has 1 heterocycles. The molecule has 0 aliphatic rings. The fraction of sp³-hybridized carbons (Fsp3) is 0.0769. The maximum absolute atomic E-state index is 11.4. The van der Waals surface area contributed by atoms with Crippen LogP contribution in [0.4, 0.5) is 5.69 Å². The summed E-state index contributed by atoms with van der Waals surface area (Å²) in [7, 11) is 1.51. The first-order valence-electron chi connectivity index (χ1n) is 5.70. The number of carboxylic acid groups (broad SMARTS) is 1. The van der Waals surface area contributed by atoms with Crippen molar-refractivity contribution in [3.8, 4) is 17.5 Å². The van der Waals surface area contributed by atoms with E-state index >= 15 is 0 Å². The van der Waals surface area contributed by atoms with Gasteiger partial charge >= 0.3 is 5.97 Å². The van der Waals surface area contributed by atoms with Crippen LogP contribution in [-0.4, -0.2) is 22.8 Å². The largest absolute Gasteiger partial charge is 0.497 e. The molecule has 0 aliphatic heterocycles. The number of benzene rings is 1. The lowest BCUT2D eigenvalue weighted by Gasteiger charge is -2.07. The highest BCUT2D eigenvalue weighted by molar-refractivity contribution is 5.94. The van der Waals surface area contributed by atoms with Crippen molar-refractivity contribution in [1.29, 1.82) is 5.26 Å². The smallest absolute Gasteiger partial charge is 0.353 e. The Bertz CT molecular complexity index is 779. The zero-order valence-electron chi connectivity index (χ0n) is 10.9. The summed E-state index contributed by atoms with van der Waals surface area (Å²) in [5.41, 5.74) is 8.54. The van der Waals surface area contributed by atoms with Gasteiger partial charge in [-0.1, -0.05) is 5.11 Å². The Morgan fingerprint density at radius 1 is 1.48 bits per heavy atom. The molecule has 0 bridgehead atoms. The first kappa shape index (κ1) is 14.0. The van der Waals surface area contributed by atoms with Crippen LogP contribution in [0.5, 0.6) is 5.75 Å². The lowest BCUT2D eigenvalue weighted by Crippen LogP contribution is -2.05. The molecule has 0 atom stereocenters. The van der Waals surface area contributed by atoms with Gasteiger partial charge in [-0.2, -0.15) is 5.26 Å². The summed E-state index contributed by atoms with van der Waals surface area (Å²) in [6.45, 7) is 0. The molecule has 0 fully saturated rings. The normalized spacial score (nSPS) is 9.52. The number of rotatable bonds is 4. The van der Waals surface area contributed by atoms with Gasteiger partial charge in [0, 0.05) is 16.8 Å². The van der Waals surface area contributed by atoms with E-state index < -0.39 is 5.97 Å². The van der Waals surface area contributed by atoms with Crippen molar-refractivity contribution >= 4 is 11.7 Å². The first-order chi connectivity index (χ1) is 10.1. The number of carboxylic acids is 1. The third kappa shape index (κ3) is 2.49. The van der Waals surface area contributed by atoms with Gasteiger partial charge in [0.25, 0.3) is 0 Å². The van der Waals surface area contributed by atoms with Gasteiger partial charge in [0.2, 0.25) is 0 Å². The predicted octanol–water partition coefficient (Wildman–Crippen LogP) is 3.00. The van der Waals surface area contributed by atoms with E-state index in [0.717, 1.165) is 0 Å². The number of carbonyl (C=O) groups is 1. The summed E-state index contributed by atoms with van der Waals surface area (Å²) in [5, 5.41) is 21.7. The SMILES string of the molecule is COc1ccc(-n2cc(C#N)c(N=[N+]=[N-])c2C(=O)O)cc1. The molecular weight excluding hydrogens is 274 g/mol. The van der Waals surface area contributed by atoms with Crippen molar-refractivity contribution in [1.82, 2.24) is 4.57 Å². The van der Waals surface area contributed by atoms with Crippen LogP contribution in [0.15, 0.2) is 35.6 Å². The van der Waals surface area contributed by atoms with E-state index in [9.17, 15) is 9.90 Å². The predicted molar refractivity (Wildman–Crippen MR) is 72.8 cm³/mol. The van der Waals surface area contributed by atoms with Crippen LogP contribution < -0.4 is 4.74 Å². The number of hydrogen-bond acceptors (Lipinski definition) is 4. The molecule has 0 saturated heterocycles. The first-order valence-corrected chi connectivity index (χ1v) is 5.70. The lowest BCUT2D eigenvalue weighted by atomic mass is 10.2. The minimum Gasteiger partial charge on any atom is -0.497 e. The molecule has 8 nitrogen and oxygen atoms in total. The van der Waals surface area contributed by atoms with Crippen molar-refractivity contribution in [2.24, 2.45) is 5.11 Å². The zero-order chi connectivity index (χ0) is 15.4. The number of hydrogen-bond donors (Lipinski definition) is 1. The number of ether oxygens (including phenoxy) is 1. The number of aromatic nitrogens is 1. The number of azide groups is 1. The van der Waals surface area contributed by atoms with Crippen LogP contribution in [-0.2, 0) is 0 Å². The van der Waals surface area contributed by atoms with Crippen LogP contribution in [0, 0.1) is 11.3 Å². The minimum atomic E-state index is -1.30. The molecule has 8 heteroatoms. The fourth-order valence-electron chi connectivity index (χ4n) is 1.88. The molecule has 0 unspecified atom stereocenters. The fourth-order valence-corrected chi connectivity index (χ4v) is 1.88. The molecule has 0 saturated carbocycles. The highest BCUT2D eigenvalue weighted by Gasteiger charge is 2.21. The maximum Gasteiger partial charge on any atom is 0.353 e. The van der Waals surface area contributed by atoms with Gasteiger partial charge in [0.1, 0.15) is 17.5 Å². The Kier molecular flexibility index (Phi) is 3.79.